The molecular weight excluding hydrogens is 222 g/mol. The van der Waals surface area contributed by atoms with Gasteiger partial charge in [0, 0.05) is 26.5 Å². The minimum atomic E-state index is -0.215. The summed E-state index contributed by atoms with van der Waals surface area (Å²) in [5.74, 6) is -0.359. The molecule has 17 heavy (non-hydrogen) atoms. The van der Waals surface area contributed by atoms with Gasteiger partial charge in [0.1, 0.15) is 5.71 Å². The highest BCUT2D eigenvalue weighted by atomic mass is 16.5. The molecule has 94 valence electrons. The summed E-state index contributed by atoms with van der Waals surface area (Å²) in [5, 5.41) is 6.56. The van der Waals surface area contributed by atoms with Gasteiger partial charge in [-0.25, -0.2) is 5.43 Å². The van der Waals surface area contributed by atoms with Crippen LogP contribution in [0.25, 0.3) is 0 Å². The van der Waals surface area contributed by atoms with E-state index in [4.69, 9.17) is 4.74 Å². The largest absolute Gasteiger partial charge is 0.376 e. The molecular formula is C11H17N3O3. The Labute approximate surface area is 99.8 Å². The summed E-state index contributed by atoms with van der Waals surface area (Å²) in [6.07, 6.45) is 3.82. The van der Waals surface area contributed by atoms with Gasteiger partial charge in [0.25, 0.3) is 5.91 Å². The zero-order valence-corrected chi connectivity index (χ0v) is 9.91. The molecule has 0 aromatic heterocycles. The highest BCUT2D eigenvalue weighted by Gasteiger charge is 2.37. The fraction of sp³-hybridized carbons (Fsp3) is 0.727. The first kappa shape index (κ1) is 12.0. The molecule has 0 aromatic rings. The second-order valence-electron chi connectivity index (χ2n) is 4.52. The first-order chi connectivity index (χ1) is 8.15. The molecule has 0 spiro atoms. The number of hydrogen-bond donors (Lipinski definition) is 2. The number of nitrogens with one attached hydrogen (secondary N) is 2. The van der Waals surface area contributed by atoms with Crippen molar-refractivity contribution in [1.82, 2.24) is 10.7 Å². The minimum Gasteiger partial charge on any atom is -0.376 e. The molecule has 1 fully saturated rings. The number of amides is 2. The van der Waals surface area contributed by atoms with Crippen LogP contribution in [0, 0.1) is 0 Å². The number of carbonyl (C=O) groups excluding carboxylic acids is 2. The molecule has 0 atom stereocenters. The minimum absolute atomic E-state index is 0.145. The number of hydrogen-bond acceptors (Lipinski definition) is 4. The second-order valence-corrected chi connectivity index (χ2v) is 4.52. The van der Waals surface area contributed by atoms with Crippen LogP contribution in [0.3, 0.4) is 0 Å². The summed E-state index contributed by atoms with van der Waals surface area (Å²) >= 11 is 0. The number of rotatable bonds is 4. The summed E-state index contributed by atoms with van der Waals surface area (Å²) in [4.78, 5) is 22.6. The van der Waals surface area contributed by atoms with Crippen molar-refractivity contribution in [3.8, 4) is 0 Å². The Morgan fingerprint density at radius 3 is 2.76 bits per heavy atom. The van der Waals surface area contributed by atoms with E-state index in [-0.39, 0.29) is 17.4 Å². The standard InChI is InChI=1S/C11H17N3O3/c1-17-11(5-2-6-11)7-12-10(16)8-3-4-9(15)14-13-8/h2-7H2,1H3,(H,12,16)(H,14,15). The van der Waals surface area contributed by atoms with Crippen LogP contribution >= 0.6 is 0 Å². The number of ether oxygens (including phenoxy) is 1. The van der Waals surface area contributed by atoms with Gasteiger partial charge in [0.05, 0.1) is 5.60 Å². The van der Waals surface area contributed by atoms with Crippen molar-refractivity contribution in [3.63, 3.8) is 0 Å². The highest BCUT2D eigenvalue weighted by Crippen LogP contribution is 2.34. The Morgan fingerprint density at radius 2 is 2.29 bits per heavy atom. The van der Waals surface area contributed by atoms with Gasteiger partial charge in [-0.1, -0.05) is 0 Å². The first-order valence-corrected chi connectivity index (χ1v) is 5.84. The third-order valence-corrected chi connectivity index (χ3v) is 3.44. The molecule has 0 unspecified atom stereocenters. The third kappa shape index (κ3) is 2.63. The molecule has 2 N–H and O–H groups in total. The maximum atomic E-state index is 11.8. The Bertz CT molecular complexity index is 355. The number of carbonyl (C=O) groups is 2. The summed E-state index contributed by atoms with van der Waals surface area (Å²) < 4.78 is 5.40. The zero-order chi connectivity index (χ0) is 12.3. The molecule has 0 aromatic carbocycles. The molecule has 1 heterocycles. The van der Waals surface area contributed by atoms with E-state index in [9.17, 15) is 9.59 Å². The molecule has 1 aliphatic heterocycles. The van der Waals surface area contributed by atoms with Crippen LogP contribution in [0.1, 0.15) is 32.1 Å². The van der Waals surface area contributed by atoms with Gasteiger partial charge in [-0.05, 0) is 19.3 Å². The van der Waals surface area contributed by atoms with Gasteiger partial charge in [0.15, 0.2) is 0 Å². The molecule has 2 amide bonds. The number of methoxy groups -OCH3 is 1. The van der Waals surface area contributed by atoms with Gasteiger partial charge in [-0.3, -0.25) is 9.59 Å². The topological polar surface area (TPSA) is 79.8 Å². The van der Waals surface area contributed by atoms with Gasteiger partial charge in [-0.15, -0.1) is 0 Å². The Morgan fingerprint density at radius 1 is 1.53 bits per heavy atom. The summed E-state index contributed by atoms with van der Waals surface area (Å²) in [6.45, 7) is 0.509. The third-order valence-electron chi connectivity index (χ3n) is 3.44. The van der Waals surface area contributed by atoms with Crippen LogP contribution in [0.2, 0.25) is 0 Å². The normalized spacial score (nSPS) is 22.2. The molecule has 0 saturated heterocycles. The quantitative estimate of drug-likeness (QED) is 0.721. The number of nitrogens with zero attached hydrogens (tertiary/aromatic N) is 1. The zero-order valence-electron chi connectivity index (χ0n) is 9.91. The molecule has 2 rings (SSSR count). The van der Waals surface area contributed by atoms with E-state index in [1.807, 2.05) is 0 Å². The lowest BCUT2D eigenvalue weighted by Crippen LogP contribution is -2.51. The van der Waals surface area contributed by atoms with Crippen LogP contribution < -0.4 is 10.7 Å². The van der Waals surface area contributed by atoms with Gasteiger partial charge in [-0.2, -0.15) is 5.10 Å². The molecule has 0 radical (unpaired) electrons. The predicted molar refractivity (Wildman–Crippen MR) is 61.4 cm³/mol. The fourth-order valence-corrected chi connectivity index (χ4v) is 2.01. The van der Waals surface area contributed by atoms with E-state index in [1.165, 1.54) is 0 Å². The summed E-state index contributed by atoms with van der Waals surface area (Å²) in [7, 11) is 1.67. The van der Waals surface area contributed by atoms with Crippen LogP contribution in [-0.4, -0.2) is 36.8 Å². The van der Waals surface area contributed by atoms with Crippen molar-refractivity contribution in [1.29, 1.82) is 0 Å². The van der Waals surface area contributed by atoms with Crippen molar-refractivity contribution in [3.05, 3.63) is 0 Å². The van der Waals surface area contributed by atoms with Crippen LogP contribution in [0.15, 0.2) is 5.10 Å². The lowest BCUT2D eigenvalue weighted by atomic mass is 9.80. The van der Waals surface area contributed by atoms with E-state index in [2.05, 4.69) is 15.8 Å². The molecule has 0 bridgehead atoms. The van der Waals surface area contributed by atoms with E-state index in [1.54, 1.807) is 7.11 Å². The lowest BCUT2D eigenvalue weighted by molar-refractivity contribution is -0.121. The van der Waals surface area contributed by atoms with E-state index < -0.39 is 0 Å². The van der Waals surface area contributed by atoms with Crippen LogP contribution in [0.4, 0.5) is 0 Å². The maximum absolute atomic E-state index is 11.8. The Balaban J connectivity index is 1.83. The molecule has 1 aliphatic carbocycles. The smallest absolute Gasteiger partial charge is 0.267 e. The highest BCUT2D eigenvalue weighted by molar-refractivity contribution is 6.39. The SMILES string of the molecule is COC1(CNC(=O)C2=NNC(=O)CC2)CCC1. The van der Waals surface area contributed by atoms with Crippen LogP contribution in [-0.2, 0) is 14.3 Å². The Hall–Kier alpha value is -1.43. The molecule has 6 heteroatoms. The second kappa shape index (κ2) is 4.83. The predicted octanol–water partition coefficient (Wildman–Crippen LogP) is -0.0623. The Kier molecular flexibility index (Phi) is 3.42. The average molecular weight is 239 g/mol. The van der Waals surface area contributed by atoms with Crippen molar-refractivity contribution >= 4 is 17.5 Å². The summed E-state index contributed by atoms with van der Waals surface area (Å²) in [6, 6.07) is 0. The maximum Gasteiger partial charge on any atom is 0.267 e. The van der Waals surface area contributed by atoms with Crippen molar-refractivity contribution in [2.24, 2.45) is 5.10 Å². The van der Waals surface area contributed by atoms with E-state index in [0.717, 1.165) is 19.3 Å². The lowest BCUT2D eigenvalue weighted by Gasteiger charge is -2.40. The molecule has 6 nitrogen and oxygen atoms in total. The summed E-state index contributed by atoms with van der Waals surface area (Å²) in [5.41, 5.74) is 2.51. The van der Waals surface area contributed by atoms with Crippen molar-refractivity contribution < 1.29 is 14.3 Å². The van der Waals surface area contributed by atoms with Gasteiger partial charge in [0.2, 0.25) is 5.91 Å². The average Bonchev–Trinajstić information content (AvgIpc) is 2.29. The van der Waals surface area contributed by atoms with E-state index >= 15 is 0 Å². The number of hydrazone groups is 1. The van der Waals surface area contributed by atoms with Crippen molar-refractivity contribution in [2.75, 3.05) is 13.7 Å². The fourth-order valence-electron chi connectivity index (χ4n) is 2.01. The van der Waals surface area contributed by atoms with E-state index in [0.29, 0.717) is 25.1 Å². The van der Waals surface area contributed by atoms with Gasteiger partial charge < -0.3 is 10.1 Å². The molecule has 1 saturated carbocycles. The monoisotopic (exact) mass is 239 g/mol. The van der Waals surface area contributed by atoms with Crippen LogP contribution in [0.5, 0.6) is 0 Å². The first-order valence-electron chi connectivity index (χ1n) is 5.84. The molecule has 2 aliphatic rings. The van der Waals surface area contributed by atoms with Gasteiger partial charge >= 0.3 is 0 Å². The van der Waals surface area contributed by atoms with Crippen molar-refractivity contribution in [2.45, 2.75) is 37.7 Å².